The van der Waals surface area contributed by atoms with E-state index in [9.17, 15) is 19.6 Å². The molecule has 0 aliphatic carbocycles. The number of esters is 1. The van der Waals surface area contributed by atoms with Gasteiger partial charge in [-0.2, -0.15) is 10.4 Å². The maximum atomic E-state index is 13.6. The molecule has 4 rings (SSSR count). The van der Waals surface area contributed by atoms with E-state index in [-0.39, 0.29) is 36.3 Å². The van der Waals surface area contributed by atoms with Gasteiger partial charge >= 0.3 is 5.97 Å². The van der Waals surface area contributed by atoms with E-state index in [4.69, 9.17) is 19.3 Å². The summed E-state index contributed by atoms with van der Waals surface area (Å²) in [7, 11) is 3.09. The van der Waals surface area contributed by atoms with Crippen LogP contribution in [0.5, 0.6) is 11.5 Å². The number of para-hydroxylation sites is 1. The zero-order valence-electron chi connectivity index (χ0n) is 22.6. The van der Waals surface area contributed by atoms with Gasteiger partial charge in [0.2, 0.25) is 0 Å². The highest BCUT2D eigenvalue weighted by atomic mass is 16.5. The zero-order valence-corrected chi connectivity index (χ0v) is 22.6. The third-order valence-electron chi connectivity index (χ3n) is 6.38. The molecule has 1 aliphatic heterocycles. The minimum atomic E-state index is -0.676. The minimum absolute atomic E-state index is 0.00738. The summed E-state index contributed by atoms with van der Waals surface area (Å²) in [6.45, 7) is 2.90. The number of hydrogen-bond donors (Lipinski definition) is 0. The first-order valence-corrected chi connectivity index (χ1v) is 12.5. The quantitative estimate of drug-likeness (QED) is 0.172. The van der Waals surface area contributed by atoms with Crippen LogP contribution in [0.3, 0.4) is 0 Å². The van der Waals surface area contributed by atoms with E-state index in [1.165, 1.54) is 6.92 Å². The molecular weight excluding hydrogens is 512 g/mol. The van der Waals surface area contributed by atoms with Gasteiger partial charge in [0.25, 0.3) is 11.8 Å². The number of rotatable bonds is 9. The molecule has 0 unspecified atom stereocenters. The summed E-state index contributed by atoms with van der Waals surface area (Å²) in [6.07, 6.45) is 3.66. The van der Waals surface area contributed by atoms with Crippen molar-refractivity contribution in [2.45, 2.75) is 20.3 Å². The summed E-state index contributed by atoms with van der Waals surface area (Å²) in [5.41, 5.74) is 2.99. The Morgan fingerprint density at radius 2 is 1.77 bits per heavy atom. The number of methoxy groups -OCH3 is 2. The summed E-state index contributed by atoms with van der Waals surface area (Å²) in [6, 6.07) is 16.8. The topological polar surface area (TPSA) is 124 Å². The lowest BCUT2D eigenvalue weighted by Crippen LogP contribution is -2.43. The van der Waals surface area contributed by atoms with Gasteiger partial charge in [0.1, 0.15) is 17.3 Å². The molecule has 2 aromatic carbocycles. The highest BCUT2D eigenvalue weighted by Crippen LogP contribution is 2.35. The number of imide groups is 1. The van der Waals surface area contributed by atoms with Crippen LogP contribution in [0.25, 0.3) is 23.0 Å². The first kappa shape index (κ1) is 27.9. The van der Waals surface area contributed by atoms with Gasteiger partial charge in [-0.3, -0.25) is 19.3 Å². The fourth-order valence-corrected chi connectivity index (χ4v) is 4.34. The van der Waals surface area contributed by atoms with Crippen molar-refractivity contribution in [2.24, 2.45) is 0 Å². The molecule has 2 heterocycles. The van der Waals surface area contributed by atoms with Crippen LogP contribution in [0.15, 0.2) is 71.4 Å². The van der Waals surface area contributed by atoms with Crippen LogP contribution in [0.1, 0.15) is 25.8 Å². The van der Waals surface area contributed by atoms with E-state index in [1.54, 1.807) is 50.2 Å². The number of nitriles is 1. The number of ether oxygens (including phenoxy) is 3. The molecule has 0 saturated carbocycles. The van der Waals surface area contributed by atoms with E-state index < -0.39 is 17.8 Å². The molecule has 0 saturated heterocycles. The normalized spacial score (nSPS) is 14.4. The average molecular weight is 541 g/mol. The molecule has 0 radical (unpaired) electrons. The van der Waals surface area contributed by atoms with Crippen molar-refractivity contribution in [3.63, 3.8) is 0 Å². The van der Waals surface area contributed by atoms with Crippen molar-refractivity contribution in [1.29, 1.82) is 5.26 Å². The fraction of sp³-hybridized carbons (Fsp3) is 0.233. The predicted molar refractivity (Wildman–Crippen MR) is 146 cm³/mol. The lowest BCUT2D eigenvalue weighted by Gasteiger charge is -2.27. The molecule has 0 N–H and O–H groups in total. The molecular formula is C30H28N4O6. The Morgan fingerprint density at radius 3 is 2.42 bits per heavy atom. The Balaban J connectivity index is 1.83. The van der Waals surface area contributed by atoms with Gasteiger partial charge in [-0.25, -0.2) is 4.68 Å². The molecule has 204 valence electrons. The number of amides is 2. The van der Waals surface area contributed by atoms with Crippen LogP contribution < -0.4 is 9.47 Å². The first-order chi connectivity index (χ1) is 19.3. The van der Waals surface area contributed by atoms with E-state index >= 15 is 0 Å². The molecule has 3 aromatic rings. The molecule has 1 aliphatic rings. The lowest BCUT2D eigenvalue weighted by molar-refractivity contribution is -0.141. The molecule has 0 spiro atoms. The van der Waals surface area contributed by atoms with Crippen molar-refractivity contribution < 1.29 is 28.6 Å². The van der Waals surface area contributed by atoms with Crippen LogP contribution in [0, 0.1) is 11.3 Å². The van der Waals surface area contributed by atoms with E-state index in [1.807, 2.05) is 42.5 Å². The lowest BCUT2D eigenvalue weighted by atomic mass is 9.93. The number of aromatic nitrogens is 2. The number of carbonyl (C=O) groups is 3. The fourth-order valence-electron chi connectivity index (χ4n) is 4.34. The molecule has 2 amide bonds. The van der Waals surface area contributed by atoms with E-state index in [2.05, 4.69) is 0 Å². The van der Waals surface area contributed by atoms with Crippen LogP contribution in [-0.4, -0.2) is 59.8 Å². The molecule has 1 aromatic heterocycles. The Bertz CT molecular complexity index is 1560. The Morgan fingerprint density at radius 1 is 1.05 bits per heavy atom. The van der Waals surface area contributed by atoms with Crippen molar-refractivity contribution in [1.82, 2.24) is 14.7 Å². The summed E-state index contributed by atoms with van der Waals surface area (Å²) in [4.78, 5) is 38.6. The molecule has 0 fully saturated rings. The maximum absolute atomic E-state index is 13.6. The van der Waals surface area contributed by atoms with Gasteiger partial charge in [0.15, 0.2) is 11.5 Å². The second-order valence-electron chi connectivity index (χ2n) is 8.91. The molecule has 0 bridgehead atoms. The van der Waals surface area contributed by atoms with Gasteiger partial charge in [-0.1, -0.05) is 18.2 Å². The minimum Gasteiger partial charge on any atom is -0.493 e. The Kier molecular flexibility index (Phi) is 8.45. The monoisotopic (exact) mass is 540 g/mol. The van der Waals surface area contributed by atoms with E-state index in [0.29, 0.717) is 28.3 Å². The summed E-state index contributed by atoms with van der Waals surface area (Å²) >= 11 is 0. The van der Waals surface area contributed by atoms with Crippen molar-refractivity contribution in [2.75, 3.05) is 27.4 Å². The second kappa shape index (κ2) is 12.1. The SMILES string of the molecule is COc1ccc(-c2nn(-c3ccccc3)cc2/C=C2\C(=O)N(CCCOC(C)=O)C(=O)C(C#N)=C2C)cc1OC. The zero-order chi connectivity index (χ0) is 28.8. The molecule has 0 atom stereocenters. The van der Waals surface area contributed by atoms with Gasteiger partial charge in [0, 0.05) is 36.4 Å². The van der Waals surface area contributed by atoms with Gasteiger partial charge < -0.3 is 14.2 Å². The maximum Gasteiger partial charge on any atom is 0.302 e. The van der Waals surface area contributed by atoms with Crippen LogP contribution in [0.4, 0.5) is 0 Å². The Labute approximate surface area is 231 Å². The number of benzene rings is 2. The largest absolute Gasteiger partial charge is 0.493 e. The number of nitrogens with zero attached hydrogens (tertiary/aromatic N) is 4. The predicted octanol–water partition coefficient (Wildman–Crippen LogP) is 4.10. The molecule has 40 heavy (non-hydrogen) atoms. The van der Waals surface area contributed by atoms with Crippen LogP contribution in [0.2, 0.25) is 0 Å². The third-order valence-corrected chi connectivity index (χ3v) is 6.38. The van der Waals surface area contributed by atoms with Crippen LogP contribution >= 0.6 is 0 Å². The van der Waals surface area contributed by atoms with Crippen LogP contribution in [-0.2, 0) is 19.1 Å². The second-order valence-corrected chi connectivity index (χ2v) is 8.91. The van der Waals surface area contributed by atoms with Gasteiger partial charge in [-0.05, 0) is 55.3 Å². The number of hydrogen-bond acceptors (Lipinski definition) is 8. The summed E-state index contributed by atoms with van der Waals surface area (Å²) in [5, 5.41) is 14.6. The Hall–Kier alpha value is -5.17. The smallest absolute Gasteiger partial charge is 0.302 e. The molecule has 10 heteroatoms. The van der Waals surface area contributed by atoms with Crippen molar-refractivity contribution in [3.05, 3.63) is 77.0 Å². The summed E-state index contributed by atoms with van der Waals surface area (Å²) in [5.74, 6) is -0.617. The third kappa shape index (κ3) is 5.63. The molecule has 10 nitrogen and oxygen atoms in total. The number of carbonyl (C=O) groups excluding carboxylic acids is 3. The van der Waals surface area contributed by atoms with E-state index in [0.717, 1.165) is 10.6 Å². The van der Waals surface area contributed by atoms with Gasteiger partial charge in [-0.15, -0.1) is 0 Å². The highest BCUT2D eigenvalue weighted by molar-refractivity contribution is 6.19. The first-order valence-electron chi connectivity index (χ1n) is 12.5. The van der Waals surface area contributed by atoms with Crippen molar-refractivity contribution >= 4 is 23.9 Å². The highest BCUT2D eigenvalue weighted by Gasteiger charge is 2.35. The standard InChI is InChI=1S/C30H28N4O6/c1-19-24(29(36)33(30(37)25(19)17-31)13-8-14-40-20(2)35)15-22-18-34(23-9-6-5-7-10-23)32-28(22)21-11-12-26(38-3)27(16-21)39-4/h5-7,9-12,15-16,18H,8,13-14H2,1-4H3/b24-15-. The average Bonchev–Trinajstić information content (AvgIpc) is 3.39. The summed E-state index contributed by atoms with van der Waals surface area (Å²) < 4.78 is 17.5. The van der Waals surface area contributed by atoms with Gasteiger partial charge in [0.05, 0.1) is 26.5 Å². The van der Waals surface area contributed by atoms with Crippen molar-refractivity contribution in [3.8, 4) is 34.5 Å².